The normalized spacial score (nSPS) is 11.4. The first-order valence-electron chi connectivity index (χ1n) is 5.96. The maximum Gasteiger partial charge on any atom is 0.133 e. The van der Waals surface area contributed by atoms with Crippen molar-refractivity contribution in [2.45, 2.75) is 38.6 Å². The van der Waals surface area contributed by atoms with Crippen LogP contribution in [0.4, 0.5) is 0 Å². The fraction of sp³-hybridized carbons (Fsp3) is 0.400. The molecule has 0 saturated carbocycles. The van der Waals surface area contributed by atoms with Crippen molar-refractivity contribution in [3.05, 3.63) is 35.9 Å². The number of carbonyl (C=O) groups excluding carboxylic acids is 1. The van der Waals surface area contributed by atoms with Gasteiger partial charge >= 0.3 is 0 Å². The fourth-order valence-corrected chi connectivity index (χ4v) is 1.64. The number of ketones is 1. The third-order valence-electron chi connectivity index (χ3n) is 2.67. The maximum absolute atomic E-state index is 11.5. The van der Waals surface area contributed by atoms with Crippen LogP contribution in [0.25, 0.3) is 0 Å². The summed E-state index contributed by atoms with van der Waals surface area (Å²) < 4.78 is 0. The molecule has 1 aromatic rings. The van der Waals surface area contributed by atoms with Crippen LogP contribution in [0.15, 0.2) is 30.3 Å². The molecule has 2 heteroatoms. The van der Waals surface area contributed by atoms with Gasteiger partial charge < -0.3 is 5.73 Å². The van der Waals surface area contributed by atoms with Gasteiger partial charge in [-0.05, 0) is 18.9 Å². The summed E-state index contributed by atoms with van der Waals surface area (Å²) in [5, 5.41) is 0. The smallest absolute Gasteiger partial charge is 0.133 e. The van der Waals surface area contributed by atoms with E-state index in [0.717, 1.165) is 5.56 Å². The summed E-state index contributed by atoms with van der Waals surface area (Å²) in [4.78, 5) is 11.5. The first-order valence-corrected chi connectivity index (χ1v) is 5.96. The number of Topliss-reactive ketones (excluding diaryl/α,β-unsaturated/α-hetero) is 1. The standard InChI is InChI=1S/C15H19NO/c1-2-3-5-10-14(17)11-12-15(16)13-8-6-4-7-9-13/h4,6-9,15H,5,10-12,16H2,1H3. The molecular weight excluding hydrogens is 210 g/mol. The summed E-state index contributed by atoms with van der Waals surface area (Å²) in [5.74, 6) is 5.93. The Labute approximate surface area is 103 Å². The minimum Gasteiger partial charge on any atom is -0.324 e. The van der Waals surface area contributed by atoms with E-state index in [0.29, 0.717) is 25.7 Å². The average Bonchev–Trinajstić information content (AvgIpc) is 2.37. The second kappa shape index (κ2) is 7.65. The minimum absolute atomic E-state index is 0.0441. The Bertz CT molecular complexity index is 400. The van der Waals surface area contributed by atoms with Crippen molar-refractivity contribution in [2.24, 2.45) is 5.73 Å². The first kappa shape index (κ1) is 13.5. The van der Waals surface area contributed by atoms with E-state index in [1.165, 1.54) is 0 Å². The molecule has 0 fully saturated rings. The number of hydrogen-bond donors (Lipinski definition) is 1. The van der Waals surface area contributed by atoms with Gasteiger partial charge in [0, 0.05) is 25.3 Å². The first-order chi connectivity index (χ1) is 8.24. The number of rotatable bonds is 6. The molecular formula is C15H19NO. The predicted molar refractivity (Wildman–Crippen MR) is 70.3 cm³/mol. The molecule has 1 rings (SSSR count). The fourth-order valence-electron chi connectivity index (χ4n) is 1.64. The summed E-state index contributed by atoms with van der Waals surface area (Å²) in [6.45, 7) is 1.79. The molecule has 0 aromatic heterocycles. The van der Waals surface area contributed by atoms with E-state index < -0.39 is 0 Å². The van der Waals surface area contributed by atoms with Crippen LogP contribution in [0.1, 0.15) is 44.2 Å². The van der Waals surface area contributed by atoms with Gasteiger partial charge in [0.25, 0.3) is 0 Å². The lowest BCUT2D eigenvalue weighted by Gasteiger charge is -2.10. The van der Waals surface area contributed by atoms with Gasteiger partial charge in [0.05, 0.1) is 0 Å². The van der Waals surface area contributed by atoms with Gasteiger partial charge in [-0.15, -0.1) is 11.8 Å². The molecule has 2 N–H and O–H groups in total. The number of hydrogen-bond acceptors (Lipinski definition) is 2. The number of carbonyl (C=O) groups is 1. The molecule has 0 aliphatic rings. The Hall–Kier alpha value is -1.59. The van der Waals surface area contributed by atoms with Crippen molar-refractivity contribution in [2.75, 3.05) is 0 Å². The molecule has 0 amide bonds. The van der Waals surface area contributed by atoms with Crippen LogP contribution < -0.4 is 5.73 Å². The highest BCUT2D eigenvalue weighted by molar-refractivity contribution is 5.78. The quantitative estimate of drug-likeness (QED) is 0.762. The van der Waals surface area contributed by atoms with E-state index in [9.17, 15) is 4.79 Å². The highest BCUT2D eigenvalue weighted by Gasteiger charge is 2.08. The van der Waals surface area contributed by atoms with E-state index in [4.69, 9.17) is 5.73 Å². The lowest BCUT2D eigenvalue weighted by atomic mass is 10.0. The van der Waals surface area contributed by atoms with Gasteiger partial charge in [-0.2, -0.15) is 0 Å². The lowest BCUT2D eigenvalue weighted by Crippen LogP contribution is -2.12. The van der Waals surface area contributed by atoms with Gasteiger partial charge in [-0.3, -0.25) is 4.79 Å². The van der Waals surface area contributed by atoms with Crippen molar-refractivity contribution in [1.82, 2.24) is 0 Å². The van der Waals surface area contributed by atoms with E-state index in [1.807, 2.05) is 30.3 Å². The molecule has 1 atom stereocenters. The predicted octanol–water partition coefficient (Wildman–Crippen LogP) is 2.84. The van der Waals surface area contributed by atoms with Crippen LogP contribution in [0.5, 0.6) is 0 Å². The highest BCUT2D eigenvalue weighted by Crippen LogP contribution is 2.15. The summed E-state index contributed by atoms with van der Waals surface area (Å²) in [5.41, 5.74) is 7.11. The van der Waals surface area contributed by atoms with Crippen LogP contribution in [0.3, 0.4) is 0 Å². The second-order valence-corrected chi connectivity index (χ2v) is 4.02. The van der Waals surface area contributed by atoms with Crippen LogP contribution in [0.2, 0.25) is 0 Å². The van der Waals surface area contributed by atoms with Crippen molar-refractivity contribution in [1.29, 1.82) is 0 Å². The monoisotopic (exact) mass is 229 g/mol. The molecule has 1 aromatic carbocycles. The molecule has 0 heterocycles. The van der Waals surface area contributed by atoms with E-state index in [1.54, 1.807) is 6.92 Å². The summed E-state index contributed by atoms with van der Waals surface area (Å²) >= 11 is 0. The third kappa shape index (κ3) is 5.33. The SMILES string of the molecule is CC#CCCC(=O)CCC(N)c1ccccc1. The van der Waals surface area contributed by atoms with Crippen LogP contribution in [-0.2, 0) is 4.79 Å². The zero-order valence-electron chi connectivity index (χ0n) is 10.3. The summed E-state index contributed by atoms with van der Waals surface area (Å²) in [7, 11) is 0. The van der Waals surface area contributed by atoms with Crippen LogP contribution in [-0.4, -0.2) is 5.78 Å². The highest BCUT2D eigenvalue weighted by atomic mass is 16.1. The molecule has 0 aliphatic carbocycles. The molecule has 1 unspecified atom stereocenters. The Balaban J connectivity index is 2.30. The molecule has 0 radical (unpaired) electrons. The molecule has 0 bridgehead atoms. The number of benzene rings is 1. The minimum atomic E-state index is -0.0441. The lowest BCUT2D eigenvalue weighted by molar-refractivity contribution is -0.119. The van der Waals surface area contributed by atoms with Crippen molar-refractivity contribution >= 4 is 5.78 Å². The van der Waals surface area contributed by atoms with Crippen LogP contribution >= 0.6 is 0 Å². The van der Waals surface area contributed by atoms with Crippen molar-refractivity contribution < 1.29 is 4.79 Å². The molecule has 0 spiro atoms. The molecule has 90 valence electrons. The van der Waals surface area contributed by atoms with Gasteiger partial charge in [0.1, 0.15) is 5.78 Å². The summed E-state index contributed by atoms with van der Waals surface area (Å²) in [6.07, 6.45) is 2.46. The molecule has 0 aliphatic heterocycles. The summed E-state index contributed by atoms with van der Waals surface area (Å²) in [6, 6.07) is 9.85. The van der Waals surface area contributed by atoms with Crippen LogP contribution in [0, 0.1) is 11.8 Å². The van der Waals surface area contributed by atoms with E-state index >= 15 is 0 Å². The van der Waals surface area contributed by atoms with Gasteiger partial charge in [-0.25, -0.2) is 0 Å². The van der Waals surface area contributed by atoms with E-state index in [2.05, 4.69) is 11.8 Å². The molecule has 0 saturated heterocycles. The average molecular weight is 229 g/mol. The van der Waals surface area contributed by atoms with Gasteiger partial charge in [0.15, 0.2) is 0 Å². The Morgan fingerprint density at radius 3 is 2.65 bits per heavy atom. The Morgan fingerprint density at radius 1 is 1.29 bits per heavy atom. The zero-order valence-corrected chi connectivity index (χ0v) is 10.3. The van der Waals surface area contributed by atoms with Crippen molar-refractivity contribution in [3.8, 4) is 11.8 Å². The topological polar surface area (TPSA) is 43.1 Å². The largest absolute Gasteiger partial charge is 0.324 e. The van der Waals surface area contributed by atoms with Crippen molar-refractivity contribution in [3.63, 3.8) is 0 Å². The van der Waals surface area contributed by atoms with Gasteiger partial charge in [-0.1, -0.05) is 30.3 Å². The Kier molecular flexibility index (Phi) is 6.06. The molecule has 17 heavy (non-hydrogen) atoms. The zero-order chi connectivity index (χ0) is 12.5. The van der Waals surface area contributed by atoms with E-state index in [-0.39, 0.29) is 11.8 Å². The maximum atomic E-state index is 11.5. The number of nitrogens with two attached hydrogens (primary N) is 1. The second-order valence-electron chi connectivity index (χ2n) is 4.02. The Morgan fingerprint density at radius 2 is 2.00 bits per heavy atom. The third-order valence-corrected chi connectivity index (χ3v) is 2.67. The van der Waals surface area contributed by atoms with Gasteiger partial charge in [0.2, 0.25) is 0 Å². The molecule has 2 nitrogen and oxygen atoms in total.